The highest BCUT2D eigenvalue weighted by molar-refractivity contribution is 5.90. The summed E-state index contributed by atoms with van der Waals surface area (Å²) in [7, 11) is 0. The van der Waals surface area contributed by atoms with Gasteiger partial charge in [0.15, 0.2) is 0 Å². The van der Waals surface area contributed by atoms with Crippen LogP contribution in [-0.2, 0) is 14.3 Å². The van der Waals surface area contributed by atoms with Crippen LogP contribution in [0.2, 0.25) is 0 Å². The fourth-order valence-corrected chi connectivity index (χ4v) is 6.42. The Labute approximate surface area is 258 Å². The SMILES string of the molecule is CCCCCCCCCCC=CCCC(O)C1CCC(C(O)CCCCCCCCCCCCC2=CC(C)OC2=O)O1. The van der Waals surface area contributed by atoms with Gasteiger partial charge in [-0.2, -0.15) is 0 Å². The lowest BCUT2D eigenvalue weighted by atomic mass is 10.0. The van der Waals surface area contributed by atoms with Crippen LogP contribution in [-0.4, -0.2) is 46.7 Å². The van der Waals surface area contributed by atoms with E-state index in [2.05, 4.69) is 19.1 Å². The first-order valence-electron chi connectivity index (χ1n) is 18.1. The second kappa shape index (κ2) is 24.2. The molecule has 0 bridgehead atoms. The van der Waals surface area contributed by atoms with Crippen molar-refractivity contribution in [2.45, 2.75) is 205 Å². The standard InChI is InChI=1S/C37H66O5/c1-3-4-5-6-7-8-9-10-14-17-20-23-26-33(38)35-28-29-36(42-35)34(39)27-24-21-18-15-12-11-13-16-19-22-25-32-30-31(2)41-37(32)40/h17,20,30-31,33-36,38-39H,3-16,18-19,21-29H2,1-2H3. The van der Waals surface area contributed by atoms with Crippen molar-refractivity contribution < 1.29 is 24.5 Å². The summed E-state index contributed by atoms with van der Waals surface area (Å²) in [5.74, 6) is -0.119. The van der Waals surface area contributed by atoms with E-state index in [4.69, 9.17) is 9.47 Å². The van der Waals surface area contributed by atoms with Crippen LogP contribution in [0.1, 0.15) is 174 Å². The quantitative estimate of drug-likeness (QED) is 0.0566. The van der Waals surface area contributed by atoms with Crippen molar-refractivity contribution in [2.75, 3.05) is 0 Å². The predicted octanol–water partition coefficient (Wildman–Crippen LogP) is 9.68. The van der Waals surface area contributed by atoms with Gasteiger partial charge in [-0.25, -0.2) is 4.79 Å². The topological polar surface area (TPSA) is 76.0 Å². The van der Waals surface area contributed by atoms with Crippen LogP contribution in [0.5, 0.6) is 0 Å². The first-order chi connectivity index (χ1) is 20.5. The van der Waals surface area contributed by atoms with Crippen molar-refractivity contribution in [3.8, 4) is 0 Å². The molecular formula is C37H66O5. The first kappa shape index (κ1) is 37.0. The van der Waals surface area contributed by atoms with Gasteiger partial charge >= 0.3 is 5.97 Å². The predicted molar refractivity (Wildman–Crippen MR) is 175 cm³/mol. The van der Waals surface area contributed by atoms with E-state index in [1.165, 1.54) is 103 Å². The number of aliphatic hydroxyl groups excluding tert-OH is 2. The Bertz CT molecular complexity index is 732. The number of carbonyl (C=O) groups is 1. The van der Waals surface area contributed by atoms with Crippen LogP contribution >= 0.6 is 0 Å². The number of cyclic esters (lactones) is 1. The fourth-order valence-electron chi connectivity index (χ4n) is 6.42. The van der Waals surface area contributed by atoms with Gasteiger partial charge in [0.1, 0.15) is 6.10 Å². The number of rotatable bonds is 27. The van der Waals surface area contributed by atoms with E-state index in [1.54, 1.807) is 0 Å². The van der Waals surface area contributed by atoms with E-state index in [0.29, 0.717) is 0 Å². The molecule has 1 fully saturated rings. The highest BCUT2D eigenvalue weighted by atomic mass is 16.5. The number of hydrogen-bond donors (Lipinski definition) is 2. The summed E-state index contributed by atoms with van der Waals surface area (Å²) in [6.45, 7) is 4.18. The summed E-state index contributed by atoms with van der Waals surface area (Å²) in [4.78, 5) is 11.6. The highest BCUT2D eigenvalue weighted by Crippen LogP contribution is 2.28. The largest absolute Gasteiger partial charge is 0.455 e. The van der Waals surface area contributed by atoms with Gasteiger partial charge in [-0.1, -0.05) is 122 Å². The maximum Gasteiger partial charge on any atom is 0.334 e. The minimum Gasteiger partial charge on any atom is -0.455 e. The average Bonchev–Trinajstić information content (AvgIpc) is 3.60. The monoisotopic (exact) mass is 590 g/mol. The van der Waals surface area contributed by atoms with Crippen LogP contribution in [0.3, 0.4) is 0 Å². The lowest BCUT2D eigenvalue weighted by Crippen LogP contribution is -2.30. The number of allylic oxidation sites excluding steroid dienone is 2. The van der Waals surface area contributed by atoms with E-state index in [-0.39, 0.29) is 24.3 Å². The number of aliphatic hydroxyl groups is 2. The minimum absolute atomic E-state index is 0.0464. The van der Waals surface area contributed by atoms with Crippen molar-refractivity contribution in [1.29, 1.82) is 0 Å². The highest BCUT2D eigenvalue weighted by Gasteiger charge is 2.33. The molecule has 42 heavy (non-hydrogen) atoms. The molecule has 5 heteroatoms. The zero-order valence-corrected chi connectivity index (χ0v) is 27.4. The molecule has 5 atom stereocenters. The van der Waals surface area contributed by atoms with Gasteiger partial charge < -0.3 is 19.7 Å². The zero-order chi connectivity index (χ0) is 30.3. The van der Waals surface area contributed by atoms with E-state index in [9.17, 15) is 15.0 Å². The maximum absolute atomic E-state index is 11.6. The Morgan fingerprint density at radius 3 is 1.79 bits per heavy atom. The van der Waals surface area contributed by atoms with Crippen LogP contribution in [0, 0.1) is 0 Å². The van der Waals surface area contributed by atoms with Crippen LogP contribution < -0.4 is 0 Å². The second-order valence-corrected chi connectivity index (χ2v) is 13.1. The molecule has 0 aromatic heterocycles. The molecule has 2 aliphatic heterocycles. The van der Waals surface area contributed by atoms with Gasteiger partial charge in [0.25, 0.3) is 0 Å². The third-order valence-electron chi connectivity index (χ3n) is 9.15. The number of unbranched alkanes of at least 4 members (excludes halogenated alkanes) is 17. The Morgan fingerprint density at radius 2 is 1.21 bits per heavy atom. The van der Waals surface area contributed by atoms with E-state index in [0.717, 1.165) is 63.4 Å². The van der Waals surface area contributed by atoms with E-state index >= 15 is 0 Å². The molecule has 0 aliphatic carbocycles. The molecule has 0 amide bonds. The van der Waals surface area contributed by atoms with Crippen molar-refractivity contribution in [3.05, 3.63) is 23.8 Å². The van der Waals surface area contributed by atoms with Gasteiger partial charge in [-0.05, 0) is 70.8 Å². The molecule has 0 aromatic rings. The van der Waals surface area contributed by atoms with Crippen molar-refractivity contribution in [1.82, 2.24) is 0 Å². The molecule has 2 N–H and O–H groups in total. The maximum atomic E-state index is 11.6. The first-order valence-corrected chi connectivity index (χ1v) is 18.1. The zero-order valence-electron chi connectivity index (χ0n) is 27.4. The summed E-state index contributed by atoms with van der Waals surface area (Å²) in [6, 6.07) is 0. The van der Waals surface area contributed by atoms with Crippen LogP contribution in [0.15, 0.2) is 23.8 Å². The fraction of sp³-hybridized carbons (Fsp3) is 0.865. The number of ether oxygens (including phenoxy) is 2. The summed E-state index contributed by atoms with van der Waals surface area (Å²) in [5.41, 5.74) is 0.868. The summed E-state index contributed by atoms with van der Waals surface area (Å²) in [5, 5.41) is 21.2. The Hall–Kier alpha value is -1.17. The summed E-state index contributed by atoms with van der Waals surface area (Å²) >= 11 is 0. The number of hydrogen-bond acceptors (Lipinski definition) is 5. The molecule has 0 spiro atoms. The third-order valence-corrected chi connectivity index (χ3v) is 9.15. The smallest absolute Gasteiger partial charge is 0.334 e. The van der Waals surface area contributed by atoms with E-state index in [1.807, 2.05) is 13.0 Å². The van der Waals surface area contributed by atoms with Crippen molar-refractivity contribution >= 4 is 5.97 Å². The number of carbonyl (C=O) groups excluding carboxylic acids is 1. The van der Waals surface area contributed by atoms with E-state index < -0.39 is 12.2 Å². The van der Waals surface area contributed by atoms with Gasteiger partial charge in [-0.3, -0.25) is 0 Å². The van der Waals surface area contributed by atoms with Gasteiger partial charge in [0.2, 0.25) is 0 Å². The molecule has 2 heterocycles. The Balaban J connectivity index is 1.36. The summed E-state index contributed by atoms with van der Waals surface area (Å²) < 4.78 is 11.2. The number of esters is 1. The molecule has 1 saturated heterocycles. The summed E-state index contributed by atoms with van der Waals surface area (Å²) in [6.07, 6.45) is 34.5. The third kappa shape index (κ3) is 17.2. The lowest BCUT2D eigenvalue weighted by molar-refractivity contribution is -0.139. The Morgan fingerprint density at radius 1 is 0.714 bits per heavy atom. The molecule has 0 radical (unpaired) electrons. The van der Waals surface area contributed by atoms with Gasteiger partial charge in [0.05, 0.1) is 24.4 Å². The minimum atomic E-state index is -0.428. The molecule has 2 aliphatic rings. The molecule has 2 rings (SSSR count). The molecule has 244 valence electrons. The molecule has 0 saturated carbocycles. The molecule has 0 aromatic carbocycles. The second-order valence-electron chi connectivity index (χ2n) is 13.1. The van der Waals surface area contributed by atoms with Gasteiger partial charge in [-0.15, -0.1) is 0 Å². The van der Waals surface area contributed by atoms with Crippen molar-refractivity contribution in [3.63, 3.8) is 0 Å². The molecule has 5 unspecified atom stereocenters. The normalized spacial score (nSPS) is 22.1. The van der Waals surface area contributed by atoms with Crippen LogP contribution in [0.4, 0.5) is 0 Å². The Kier molecular flexibility index (Phi) is 21.3. The molecular weight excluding hydrogens is 524 g/mol. The van der Waals surface area contributed by atoms with Crippen LogP contribution in [0.25, 0.3) is 0 Å². The van der Waals surface area contributed by atoms with Gasteiger partial charge in [0, 0.05) is 5.57 Å². The lowest BCUT2D eigenvalue weighted by Gasteiger charge is -2.22. The van der Waals surface area contributed by atoms with Crippen molar-refractivity contribution in [2.24, 2.45) is 0 Å². The average molecular weight is 591 g/mol. The molecule has 5 nitrogen and oxygen atoms in total.